The highest BCUT2D eigenvalue weighted by atomic mass is 35.5. The first-order valence-corrected chi connectivity index (χ1v) is 10.9. The highest BCUT2D eigenvalue weighted by molar-refractivity contribution is 6.34. The predicted octanol–water partition coefficient (Wildman–Crippen LogP) is 4.28. The van der Waals surface area contributed by atoms with Gasteiger partial charge in [-0.05, 0) is 49.5 Å². The van der Waals surface area contributed by atoms with E-state index in [0.717, 1.165) is 37.6 Å². The van der Waals surface area contributed by atoms with Gasteiger partial charge in [0.25, 0.3) is 5.91 Å². The Morgan fingerprint density at radius 3 is 2.56 bits per heavy atom. The first-order valence-electron chi connectivity index (χ1n) is 10.5. The van der Waals surface area contributed by atoms with E-state index in [1.807, 2.05) is 0 Å². The van der Waals surface area contributed by atoms with Crippen LogP contribution >= 0.6 is 11.6 Å². The minimum Gasteiger partial charge on any atom is -0.369 e. The molecule has 0 aliphatic carbocycles. The lowest BCUT2D eigenvalue weighted by atomic mass is 10.1. The molecule has 4 aromatic rings. The molecule has 1 aliphatic heterocycles. The smallest absolute Gasteiger partial charge is 0.257 e. The Balaban J connectivity index is 1.34. The van der Waals surface area contributed by atoms with Crippen LogP contribution in [0.3, 0.4) is 0 Å². The van der Waals surface area contributed by atoms with E-state index in [4.69, 9.17) is 11.6 Å². The number of nitrogens with zero attached hydrogens (tertiary/aromatic N) is 4. The first-order chi connectivity index (χ1) is 15.6. The number of rotatable bonds is 4. The summed E-state index contributed by atoms with van der Waals surface area (Å²) in [5.41, 5.74) is 4.53. The Morgan fingerprint density at radius 2 is 1.81 bits per heavy atom. The molecule has 8 heteroatoms. The van der Waals surface area contributed by atoms with Crippen molar-refractivity contribution in [1.82, 2.24) is 19.9 Å². The molecule has 0 radical (unpaired) electrons. The van der Waals surface area contributed by atoms with E-state index in [1.54, 1.807) is 36.5 Å². The van der Waals surface area contributed by atoms with Gasteiger partial charge in [0.05, 0.1) is 22.5 Å². The minimum atomic E-state index is -0.285. The second kappa shape index (κ2) is 8.61. The lowest BCUT2D eigenvalue weighted by Gasteiger charge is -2.34. The highest BCUT2D eigenvalue weighted by Gasteiger charge is 2.15. The summed E-state index contributed by atoms with van der Waals surface area (Å²) in [7, 11) is 2.16. The third-order valence-electron chi connectivity index (χ3n) is 5.72. The molecule has 0 atom stereocenters. The normalized spacial score (nSPS) is 14.6. The molecule has 0 saturated carbocycles. The molecule has 1 saturated heterocycles. The molecule has 1 amide bonds. The zero-order valence-electron chi connectivity index (χ0n) is 17.7. The number of carbonyl (C=O) groups is 1. The summed E-state index contributed by atoms with van der Waals surface area (Å²) in [6.45, 7) is 4.22. The number of carbonyl (C=O) groups excluding carboxylic acids is 1. The molecule has 32 heavy (non-hydrogen) atoms. The van der Waals surface area contributed by atoms with Crippen LogP contribution in [-0.2, 0) is 0 Å². The summed E-state index contributed by atoms with van der Waals surface area (Å²) in [5, 5.41) is 3.24. The fourth-order valence-corrected chi connectivity index (χ4v) is 4.06. The predicted molar refractivity (Wildman–Crippen MR) is 128 cm³/mol. The van der Waals surface area contributed by atoms with E-state index in [2.05, 4.69) is 61.4 Å². The molecule has 162 valence electrons. The molecule has 0 spiro atoms. The average molecular weight is 447 g/mol. The van der Waals surface area contributed by atoms with Crippen molar-refractivity contribution in [3.63, 3.8) is 0 Å². The molecule has 5 rings (SSSR count). The number of halogens is 1. The third-order valence-corrected chi connectivity index (χ3v) is 6.05. The Kier molecular flexibility index (Phi) is 5.51. The number of hydrogen-bond donors (Lipinski definition) is 2. The van der Waals surface area contributed by atoms with Gasteiger partial charge in [0.15, 0.2) is 5.65 Å². The van der Waals surface area contributed by atoms with E-state index in [9.17, 15) is 4.79 Å². The van der Waals surface area contributed by atoms with E-state index in [1.165, 1.54) is 5.69 Å². The third kappa shape index (κ3) is 4.17. The number of fused-ring (bicyclic) bond motifs is 1. The molecule has 2 aromatic carbocycles. The van der Waals surface area contributed by atoms with Crippen molar-refractivity contribution in [3.8, 4) is 11.4 Å². The molecule has 2 aromatic heterocycles. The van der Waals surface area contributed by atoms with E-state index < -0.39 is 0 Å². The maximum atomic E-state index is 12.5. The topological polar surface area (TPSA) is 77.2 Å². The number of benzene rings is 2. The summed E-state index contributed by atoms with van der Waals surface area (Å²) in [6.07, 6.45) is 1.61. The number of piperazine rings is 1. The molecule has 2 N–H and O–H groups in total. The van der Waals surface area contributed by atoms with Gasteiger partial charge in [0.2, 0.25) is 0 Å². The van der Waals surface area contributed by atoms with Crippen LogP contribution in [0.1, 0.15) is 10.4 Å². The minimum absolute atomic E-state index is 0.285. The van der Waals surface area contributed by atoms with Crippen LogP contribution in [0.5, 0.6) is 0 Å². The number of aromatic amines is 1. The van der Waals surface area contributed by atoms with Gasteiger partial charge < -0.3 is 20.1 Å². The van der Waals surface area contributed by atoms with E-state index in [-0.39, 0.29) is 5.91 Å². The largest absolute Gasteiger partial charge is 0.369 e. The number of amides is 1. The van der Waals surface area contributed by atoms with Gasteiger partial charge in [0, 0.05) is 37.4 Å². The summed E-state index contributed by atoms with van der Waals surface area (Å²) in [5.74, 6) is 0.457. The molecule has 1 fully saturated rings. The Morgan fingerprint density at radius 1 is 1.06 bits per heavy atom. The number of imidazole rings is 1. The van der Waals surface area contributed by atoms with Crippen molar-refractivity contribution < 1.29 is 4.79 Å². The quantitative estimate of drug-likeness (QED) is 0.489. The Hall–Kier alpha value is -3.42. The SMILES string of the molecule is CN1CCN(c2ccc(-c3nc4cc(NC(=O)c5ccccc5Cl)cnc4[nH]3)cc2)CC1. The first kappa shape index (κ1) is 20.5. The molecule has 3 heterocycles. The Bertz CT molecular complexity index is 1260. The summed E-state index contributed by atoms with van der Waals surface area (Å²) < 4.78 is 0. The fourth-order valence-electron chi connectivity index (χ4n) is 3.84. The van der Waals surface area contributed by atoms with Crippen LogP contribution in [0.25, 0.3) is 22.6 Å². The van der Waals surface area contributed by atoms with Crippen molar-refractivity contribution in [2.45, 2.75) is 0 Å². The highest BCUT2D eigenvalue weighted by Crippen LogP contribution is 2.25. The molecule has 7 nitrogen and oxygen atoms in total. The number of aromatic nitrogens is 3. The van der Waals surface area contributed by atoms with Crippen LogP contribution in [-0.4, -0.2) is 59.0 Å². The number of hydrogen-bond acceptors (Lipinski definition) is 5. The van der Waals surface area contributed by atoms with Crippen molar-refractivity contribution in [2.75, 3.05) is 43.4 Å². The number of anilines is 2. The van der Waals surface area contributed by atoms with Crippen molar-refractivity contribution in [3.05, 3.63) is 71.4 Å². The van der Waals surface area contributed by atoms with Crippen LogP contribution in [0, 0.1) is 0 Å². The van der Waals surface area contributed by atoms with Gasteiger partial charge >= 0.3 is 0 Å². The fraction of sp³-hybridized carbons (Fsp3) is 0.208. The molecule has 1 aliphatic rings. The molecular formula is C24H23ClN6O. The molecule has 0 bridgehead atoms. The van der Waals surface area contributed by atoms with Crippen molar-refractivity contribution >= 4 is 40.0 Å². The van der Waals surface area contributed by atoms with E-state index >= 15 is 0 Å². The average Bonchev–Trinajstić information content (AvgIpc) is 3.23. The second-order valence-electron chi connectivity index (χ2n) is 7.95. The number of nitrogens with one attached hydrogen (secondary N) is 2. The zero-order chi connectivity index (χ0) is 22.1. The maximum Gasteiger partial charge on any atom is 0.257 e. The maximum absolute atomic E-state index is 12.5. The summed E-state index contributed by atoms with van der Waals surface area (Å²) in [4.78, 5) is 29.6. The monoisotopic (exact) mass is 446 g/mol. The zero-order valence-corrected chi connectivity index (χ0v) is 18.4. The van der Waals surface area contributed by atoms with Gasteiger partial charge in [0.1, 0.15) is 11.3 Å². The summed E-state index contributed by atoms with van der Waals surface area (Å²) >= 11 is 6.12. The number of H-pyrrole nitrogens is 1. The molecular weight excluding hydrogens is 424 g/mol. The van der Waals surface area contributed by atoms with Gasteiger partial charge in [-0.3, -0.25) is 4.79 Å². The number of pyridine rings is 1. The molecule has 0 unspecified atom stereocenters. The van der Waals surface area contributed by atoms with Crippen LogP contribution < -0.4 is 10.2 Å². The lowest BCUT2D eigenvalue weighted by molar-refractivity contribution is 0.102. The standard InChI is InChI=1S/C24H23ClN6O/c1-30-10-12-31(13-11-30)18-8-6-16(7-9-18)22-28-21-14-17(15-26-23(21)29-22)27-24(32)19-4-2-3-5-20(19)25/h2-9,14-15H,10-13H2,1H3,(H,27,32)(H,26,28,29). The number of likely N-dealkylation sites (N-methyl/N-ethyl adjacent to an activating group) is 1. The van der Waals surface area contributed by atoms with E-state index in [0.29, 0.717) is 27.4 Å². The van der Waals surface area contributed by atoms with Crippen molar-refractivity contribution in [1.29, 1.82) is 0 Å². The Labute approximate surface area is 191 Å². The van der Waals surface area contributed by atoms with Gasteiger partial charge in [-0.2, -0.15) is 0 Å². The van der Waals surface area contributed by atoms with Crippen LogP contribution in [0.4, 0.5) is 11.4 Å². The van der Waals surface area contributed by atoms with Crippen molar-refractivity contribution in [2.24, 2.45) is 0 Å². The lowest BCUT2D eigenvalue weighted by Crippen LogP contribution is -2.44. The van der Waals surface area contributed by atoms with Crippen LogP contribution in [0.15, 0.2) is 60.8 Å². The summed E-state index contributed by atoms with van der Waals surface area (Å²) in [6, 6.07) is 17.2. The van der Waals surface area contributed by atoms with Gasteiger partial charge in [-0.25, -0.2) is 9.97 Å². The second-order valence-corrected chi connectivity index (χ2v) is 8.36. The van der Waals surface area contributed by atoms with Crippen LogP contribution in [0.2, 0.25) is 5.02 Å². The van der Waals surface area contributed by atoms with Gasteiger partial charge in [-0.15, -0.1) is 0 Å². The van der Waals surface area contributed by atoms with Gasteiger partial charge in [-0.1, -0.05) is 23.7 Å².